The van der Waals surface area contributed by atoms with Gasteiger partial charge in [0.1, 0.15) is 10.8 Å². The molecule has 0 atom stereocenters. The van der Waals surface area contributed by atoms with Crippen LogP contribution in [0.1, 0.15) is 5.82 Å². The van der Waals surface area contributed by atoms with Gasteiger partial charge in [-0.3, -0.25) is 0 Å². The second-order valence-corrected chi connectivity index (χ2v) is 4.55. The first-order valence-corrected chi connectivity index (χ1v) is 6.02. The summed E-state index contributed by atoms with van der Waals surface area (Å²) in [6.07, 6.45) is -4.74. The highest BCUT2D eigenvalue weighted by atomic mass is 35.5. The van der Waals surface area contributed by atoms with Crippen molar-refractivity contribution < 1.29 is 22.0 Å². The van der Waals surface area contributed by atoms with Gasteiger partial charge < -0.3 is 4.42 Å². The van der Waals surface area contributed by atoms with Gasteiger partial charge >= 0.3 is 6.18 Å². The summed E-state index contributed by atoms with van der Waals surface area (Å²) in [5.74, 6) is -2.02. The number of nitrogens with zero attached hydrogens (tertiary/aromatic N) is 2. The molecule has 0 N–H and O–H groups in total. The normalized spacial score (nSPS) is 12.0. The Morgan fingerprint density at radius 3 is 2.52 bits per heavy atom. The zero-order valence-electron chi connectivity index (χ0n) is 10.1. The number of aromatic nitrogens is 2. The summed E-state index contributed by atoms with van der Waals surface area (Å²) in [4.78, 5) is 6.48. The Morgan fingerprint density at radius 2 is 1.86 bits per heavy atom. The zero-order valence-corrected chi connectivity index (χ0v) is 10.8. The molecule has 0 bridgehead atoms. The van der Waals surface area contributed by atoms with Gasteiger partial charge in [-0.1, -0.05) is 23.7 Å². The summed E-state index contributed by atoms with van der Waals surface area (Å²) >= 11 is 5.57. The second-order valence-electron chi connectivity index (χ2n) is 4.17. The van der Waals surface area contributed by atoms with Crippen LogP contribution in [0.15, 0.2) is 34.7 Å². The van der Waals surface area contributed by atoms with Gasteiger partial charge in [0.2, 0.25) is 5.82 Å². The van der Waals surface area contributed by atoms with E-state index in [1.165, 1.54) is 18.2 Å². The molecule has 3 nitrogen and oxygen atoms in total. The fourth-order valence-electron chi connectivity index (χ4n) is 1.82. The number of para-hydroxylation sites is 1. The summed E-state index contributed by atoms with van der Waals surface area (Å²) in [6, 6.07) is 6.72. The minimum absolute atomic E-state index is 0.0232. The largest absolute Gasteiger partial charge is 0.451 e. The number of benzene rings is 1. The maximum Gasteiger partial charge on any atom is 0.451 e. The quantitative estimate of drug-likeness (QED) is 0.482. The monoisotopic (exact) mass is 316 g/mol. The highest BCUT2D eigenvalue weighted by molar-refractivity contribution is 6.29. The molecule has 3 aromatic rings. The van der Waals surface area contributed by atoms with Crippen LogP contribution in [0.5, 0.6) is 0 Å². The fourth-order valence-corrected chi connectivity index (χ4v) is 2.01. The second kappa shape index (κ2) is 4.70. The van der Waals surface area contributed by atoms with Crippen molar-refractivity contribution in [1.82, 2.24) is 9.97 Å². The first-order valence-electron chi connectivity index (χ1n) is 5.65. The van der Waals surface area contributed by atoms with Crippen LogP contribution >= 0.6 is 11.6 Å². The number of fused-ring (bicyclic) bond motifs is 1. The number of hydrogen-bond donors (Lipinski definition) is 0. The number of furan rings is 1. The number of halogens is 5. The molecule has 0 amide bonds. The van der Waals surface area contributed by atoms with Crippen molar-refractivity contribution >= 4 is 22.6 Å². The van der Waals surface area contributed by atoms with Gasteiger partial charge in [-0.05, 0) is 12.1 Å². The van der Waals surface area contributed by atoms with E-state index in [1.54, 1.807) is 6.07 Å². The summed E-state index contributed by atoms with van der Waals surface area (Å²) < 4.78 is 56.7. The van der Waals surface area contributed by atoms with Gasteiger partial charge in [-0.15, -0.1) is 0 Å². The maximum atomic E-state index is 13.5. The Bertz CT molecular complexity index is 829. The van der Waals surface area contributed by atoms with E-state index in [0.717, 1.165) is 6.07 Å². The molecule has 0 aliphatic rings. The van der Waals surface area contributed by atoms with Crippen LogP contribution in [0.4, 0.5) is 17.6 Å². The van der Waals surface area contributed by atoms with Crippen LogP contribution in [0, 0.1) is 5.82 Å². The first kappa shape index (κ1) is 13.8. The number of hydrogen-bond acceptors (Lipinski definition) is 3. The minimum Gasteiger partial charge on any atom is -0.451 e. The zero-order chi connectivity index (χ0) is 15.2. The molecular formula is C13H5ClF4N2O. The Morgan fingerprint density at radius 1 is 1.10 bits per heavy atom. The summed E-state index contributed by atoms with van der Waals surface area (Å²) in [7, 11) is 0. The molecule has 0 spiro atoms. The van der Waals surface area contributed by atoms with Crippen molar-refractivity contribution in [2.75, 3.05) is 0 Å². The molecule has 2 aromatic heterocycles. The Balaban J connectivity index is 2.18. The molecule has 0 saturated heterocycles. The lowest BCUT2D eigenvalue weighted by Crippen LogP contribution is -2.11. The van der Waals surface area contributed by atoms with E-state index >= 15 is 0 Å². The molecule has 0 fully saturated rings. The molecule has 3 rings (SSSR count). The molecule has 21 heavy (non-hydrogen) atoms. The van der Waals surface area contributed by atoms with E-state index in [0.29, 0.717) is 5.39 Å². The van der Waals surface area contributed by atoms with Crippen molar-refractivity contribution in [3.05, 3.63) is 47.1 Å². The molecule has 0 unspecified atom stereocenters. The Hall–Kier alpha value is -2.15. The average Bonchev–Trinajstić information content (AvgIpc) is 2.82. The molecule has 8 heteroatoms. The molecule has 1 aromatic carbocycles. The van der Waals surface area contributed by atoms with Gasteiger partial charge in [0.05, 0.1) is 0 Å². The van der Waals surface area contributed by atoms with E-state index < -0.39 is 17.8 Å². The lowest BCUT2D eigenvalue weighted by molar-refractivity contribution is -0.144. The predicted octanol–water partition coefficient (Wildman–Crippen LogP) is 4.70. The molecule has 0 aliphatic heterocycles. The Kier molecular flexibility index (Phi) is 3.09. The van der Waals surface area contributed by atoms with Crippen LogP contribution in [0.3, 0.4) is 0 Å². The topological polar surface area (TPSA) is 38.9 Å². The van der Waals surface area contributed by atoms with Crippen LogP contribution in [0.2, 0.25) is 5.15 Å². The first-order chi connectivity index (χ1) is 9.84. The third-order valence-electron chi connectivity index (χ3n) is 2.70. The molecular weight excluding hydrogens is 312 g/mol. The summed E-state index contributed by atoms with van der Waals surface area (Å²) in [5.41, 5.74) is -0.228. The highest BCUT2D eigenvalue weighted by Crippen LogP contribution is 2.32. The van der Waals surface area contributed by atoms with E-state index in [9.17, 15) is 17.6 Å². The standard InChI is InChI=1S/C13H5ClF4N2O/c14-10-5-8(19-12(20-10)13(16,17)18)9-4-6-2-1-3-7(15)11(6)21-9/h1-5H. The minimum atomic E-state index is -4.74. The lowest BCUT2D eigenvalue weighted by atomic mass is 10.2. The van der Waals surface area contributed by atoms with Crippen molar-refractivity contribution in [2.45, 2.75) is 6.18 Å². The number of alkyl halides is 3. The highest BCUT2D eigenvalue weighted by Gasteiger charge is 2.35. The van der Waals surface area contributed by atoms with E-state index in [2.05, 4.69) is 9.97 Å². The van der Waals surface area contributed by atoms with Crippen molar-refractivity contribution in [2.24, 2.45) is 0 Å². The maximum absolute atomic E-state index is 13.5. The van der Waals surface area contributed by atoms with Gasteiger partial charge in [-0.25, -0.2) is 14.4 Å². The van der Waals surface area contributed by atoms with E-state index in [1.807, 2.05) is 0 Å². The molecule has 0 radical (unpaired) electrons. The third-order valence-corrected chi connectivity index (χ3v) is 2.89. The van der Waals surface area contributed by atoms with Gasteiger partial charge in [0.15, 0.2) is 17.2 Å². The van der Waals surface area contributed by atoms with Gasteiger partial charge in [0, 0.05) is 11.5 Å². The lowest BCUT2D eigenvalue weighted by Gasteiger charge is -2.06. The molecule has 108 valence electrons. The van der Waals surface area contributed by atoms with Crippen molar-refractivity contribution in [1.29, 1.82) is 0 Å². The number of rotatable bonds is 1. The van der Waals surface area contributed by atoms with Crippen LogP contribution in [-0.4, -0.2) is 9.97 Å². The smallest absolute Gasteiger partial charge is 0.451 e. The third kappa shape index (κ3) is 2.56. The van der Waals surface area contributed by atoms with Crippen LogP contribution in [-0.2, 0) is 6.18 Å². The summed E-state index contributed by atoms with van der Waals surface area (Å²) in [6.45, 7) is 0. The van der Waals surface area contributed by atoms with Crippen molar-refractivity contribution in [3.8, 4) is 11.5 Å². The van der Waals surface area contributed by atoms with Crippen LogP contribution in [0.25, 0.3) is 22.4 Å². The van der Waals surface area contributed by atoms with E-state index in [-0.39, 0.29) is 22.2 Å². The van der Waals surface area contributed by atoms with Crippen LogP contribution < -0.4 is 0 Å². The summed E-state index contributed by atoms with van der Waals surface area (Å²) in [5, 5.41) is 0.0292. The Labute approximate surface area is 120 Å². The van der Waals surface area contributed by atoms with Gasteiger partial charge in [0.25, 0.3) is 0 Å². The van der Waals surface area contributed by atoms with Crippen molar-refractivity contribution in [3.63, 3.8) is 0 Å². The fraction of sp³-hybridized carbons (Fsp3) is 0.0769. The molecule has 2 heterocycles. The van der Waals surface area contributed by atoms with Gasteiger partial charge in [-0.2, -0.15) is 13.2 Å². The molecule has 0 aliphatic carbocycles. The van der Waals surface area contributed by atoms with E-state index in [4.69, 9.17) is 16.0 Å². The molecule has 0 saturated carbocycles. The predicted molar refractivity (Wildman–Crippen MR) is 67.2 cm³/mol. The average molecular weight is 317 g/mol. The SMILES string of the molecule is Fc1cccc2cc(-c3cc(Cl)nc(C(F)(F)F)n3)oc12.